The molecule has 7 heteroatoms. The molecule has 266 valence electrons. The molecular formula is C37H78NO6+. The van der Waals surface area contributed by atoms with Gasteiger partial charge in [-0.1, -0.05) is 34.6 Å². The average Bonchev–Trinajstić information content (AvgIpc) is 2.79. The Morgan fingerprint density at radius 2 is 1.05 bits per heavy atom. The van der Waals surface area contributed by atoms with Crippen molar-refractivity contribution in [3.63, 3.8) is 0 Å². The van der Waals surface area contributed by atoms with E-state index in [0.29, 0.717) is 13.1 Å². The molecule has 0 rings (SSSR count). The van der Waals surface area contributed by atoms with Crippen LogP contribution in [0.1, 0.15) is 151 Å². The van der Waals surface area contributed by atoms with Crippen molar-refractivity contribution < 1.29 is 33.0 Å². The van der Waals surface area contributed by atoms with Gasteiger partial charge in [-0.2, -0.15) is 0 Å². The summed E-state index contributed by atoms with van der Waals surface area (Å²) in [6.07, 6.45) is 3.35. The van der Waals surface area contributed by atoms with Crippen LogP contribution in [-0.4, -0.2) is 85.1 Å². The summed E-state index contributed by atoms with van der Waals surface area (Å²) in [5.74, 6) is 0. The van der Waals surface area contributed by atoms with Crippen molar-refractivity contribution in [2.45, 2.75) is 185 Å². The number of carbonyl (C=O) groups excluding carboxylic acids is 2. The number of nitrogens with zero attached hydrogens (tertiary/aromatic N) is 1. The fraction of sp³-hybridized carbons (Fsp3) is 0.946. The molecule has 7 nitrogen and oxygen atoms in total. The van der Waals surface area contributed by atoms with Crippen molar-refractivity contribution >= 4 is 13.3 Å². The maximum atomic E-state index is 8.95. The van der Waals surface area contributed by atoms with Crippen molar-refractivity contribution in [2.24, 2.45) is 10.8 Å². The Kier molecular flexibility index (Phi) is 19.8. The van der Waals surface area contributed by atoms with Gasteiger partial charge in [0.05, 0.1) is 55.3 Å². The van der Waals surface area contributed by atoms with Gasteiger partial charge in [-0.3, -0.25) is 4.79 Å². The van der Waals surface area contributed by atoms with Crippen molar-refractivity contribution in [2.75, 3.05) is 33.5 Å². The summed E-state index contributed by atoms with van der Waals surface area (Å²) in [5, 5.41) is 0. The first-order valence-corrected chi connectivity index (χ1v) is 16.4. The highest BCUT2D eigenvalue weighted by molar-refractivity contribution is 5.36. The van der Waals surface area contributed by atoms with Crippen LogP contribution in [-0.2, 0) is 28.5 Å². The van der Waals surface area contributed by atoms with Gasteiger partial charge >= 0.3 is 0 Å². The molecule has 0 saturated heterocycles. The first-order valence-electron chi connectivity index (χ1n) is 16.4. The molecule has 0 aliphatic heterocycles. The summed E-state index contributed by atoms with van der Waals surface area (Å²) in [6, 6.07) is 0. The molecule has 0 spiro atoms. The lowest BCUT2D eigenvalue weighted by atomic mass is 9.70. The quantitative estimate of drug-likeness (QED) is 0.125. The molecule has 0 N–H and O–H groups in total. The van der Waals surface area contributed by atoms with Gasteiger partial charge in [0.25, 0.3) is 6.47 Å². The number of hydrogen-bond donors (Lipinski definition) is 0. The zero-order valence-electron chi connectivity index (χ0n) is 33.2. The smallest absolute Gasteiger partial charge is 0.292 e. The van der Waals surface area contributed by atoms with Crippen LogP contribution in [0.2, 0.25) is 0 Å². The lowest BCUT2D eigenvalue weighted by Gasteiger charge is -2.68. The summed E-state index contributed by atoms with van der Waals surface area (Å²) < 4.78 is 24.0. The number of hydrogen-bond acceptors (Lipinski definition) is 6. The largest absolute Gasteiger partial charge is 0.471 e. The van der Waals surface area contributed by atoms with Crippen molar-refractivity contribution in [1.82, 2.24) is 0 Å². The highest BCUT2D eigenvalue weighted by Gasteiger charge is 2.63. The van der Waals surface area contributed by atoms with Gasteiger partial charge in [0.1, 0.15) is 18.9 Å². The summed E-state index contributed by atoms with van der Waals surface area (Å²) in [6.45, 7) is 49.8. The third-order valence-electron chi connectivity index (χ3n) is 8.14. The third kappa shape index (κ3) is 17.6. The standard InChI is InChI=1S/C34H72NO3.C2H4O2.CH2O/c1-27(2)36-22-20-32(14,15)35(25-31(12,13)24-28(3,4)5,34(18,19)26-38-30(9,10)11)33(16,17)21-23-37-29(6,7)8;1-4-2-3;1-2/h27H,20-26H2,1-19H3;2H,1H3;1H2/q+1;;. The normalized spacial score (nSPS) is 15.0. The Morgan fingerprint density at radius 3 is 1.36 bits per heavy atom. The van der Waals surface area contributed by atoms with E-state index in [1.807, 2.05) is 6.79 Å². The molecule has 1 unspecified atom stereocenters. The van der Waals surface area contributed by atoms with Gasteiger partial charge in [0.15, 0.2) is 0 Å². The number of quaternary nitrogens is 1. The van der Waals surface area contributed by atoms with Gasteiger partial charge in [-0.05, 0) is 109 Å². The number of ether oxygens (including phenoxy) is 4. The molecule has 1 atom stereocenters. The second-order valence-corrected chi connectivity index (χ2v) is 18.4. The predicted octanol–water partition coefficient (Wildman–Crippen LogP) is 9.04. The highest BCUT2D eigenvalue weighted by Crippen LogP contribution is 2.51. The molecule has 0 aromatic heterocycles. The van der Waals surface area contributed by atoms with Gasteiger partial charge in [-0.15, -0.1) is 0 Å². The first-order chi connectivity index (χ1) is 19.4. The molecule has 0 saturated carbocycles. The van der Waals surface area contributed by atoms with Crippen LogP contribution in [0.5, 0.6) is 0 Å². The number of rotatable bonds is 16. The van der Waals surface area contributed by atoms with Crippen LogP contribution < -0.4 is 0 Å². The first kappa shape index (κ1) is 47.4. The van der Waals surface area contributed by atoms with Gasteiger partial charge < -0.3 is 28.2 Å². The molecular weight excluding hydrogens is 554 g/mol. The number of methoxy groups -OCH3 is 1. The highest BCUT2D eigenvalue weighted by atomic mass is 16.5. The van der Waals surface area contributed by atoms with E-state index in [2.05, 4.69) is 136 Å². The van der Waals surface area contributed by atoms with E-state index >= 15 is 0 Å². The van der Waals surface area contributed by atoms with Crippen LogP contribution in [0.15, 0.2) is 0 Å². The maximum absolute atomic E-state index is 8.95. The second-order valence-electron chi connectivity index (χ2n) is 18.4. The molecule has 0 heterocycles. The van der Waals surface area contributed by atoms with Crippen LogP contribution >= 0.6 is 0 Å². The van der Waals surface area contributed by atoms with E-state index in [1.54, 1.807) is 0 Å². The fourth-order valence-corrected chi connectivity index (χ4v) is 7.27. The Balaban J connectivity index is -0.00000257. The average molecular weight is 633 g/mol. The zero-order valence-corrected chi connectivity index (χ0v) is 33.2. The molecule has 0 bridgehead atoms. The van der Waals surface area contributed by atoms with Crippen LogP contribution in [0, 0.1) is 10.8 Å². The predicted molar refractivity (Wildman–Crippen MR) is 187 cm³/mol. The van der Waals surface area contributed by atoms with Crippen LogP contribution in [0.4, 0.5) is 0 Å². The Bertz CT molecular complexity index is 781. The maximum Gasteiger partial charge on any atom is 0.292 e. The Hall–Kier alpha value is -1.02. The van der Waals surface area contributed by atoms with E-state index in [9.17, 15) is 0 Å². The topological polar surface area (TPSA) is 71.1 Å². The summed E-state index contributed by atoms with van der Waals surface area (Å²) in [4.78, 5) is 17.0. The van der Waals surface area contributed by atoms with Gasteiger partial charge in [0, 0.05) is 18.3 Å². The minimum absolute atomic E-state index is 0.0694. The van der Waals surface area contributed by atoms with Crippen LogP contribution in [0.25, 0.3) is 0 Å². The van der Waals surface area contributed by atoms with Gasteiger partial charge in [0.2, 0.25) is 0 Å². The SMILES string of the molecule is C=O.CC(C)OCCC(C)(C)[N+](CC(C)(C)CC(C)(C)C)(C(C)(C)CCOC(C)(C)C)C(C)(C)COC(C)(C)C.COC=O. The fourth-order valence-electron chi connectivity index (χ4n) is 7.27. The Morgan fingerprint density at radius 1 is 0.659 bits per heavy atom. The molecule has 0 aromatic carbocycles. The van der Waals surface area contributed by atoms with Crippen LogP contribution in [0.3, 0.4) is 0 Å². The summed E-state index contributed by atoms with van der Waals surface area (Å²) >= 11 is 0. The molecule has 0 radical (unpaired) electrons. The molecule has 0 amide bonds. The lowest BCUT2D eigenvalue weighted by molar-refractivity contribution is -1.06. The van der Waals surface area contributed by atoms with E-state index in [0.717, 1.165) is 43.5 Å². The molecule has 0 aromatic rings. The molecule has 44 heavy (non-hydrogen) atoms. The molecule has 0 fully saturated rings. The monoisotopic (exact) mass is 633 g/mol. The Labute approximate surface area is 275 Å². The van der Waals surface area contributed by atoms with E-state index in [-0.39, 0.29) is 44.8 Å². The minimum atomic E-state index is -0.196. The van der Waals surface area contributed by atoms with E-state index in [1.165, 1.54) is 7.11 Å². The van der Waals surface area contributed by atoms with Crippen molar-refractivity contribution in [1.29, 1.82) is 0 Å². The van der Waals surface area contributed by atoms with E-state index in [4.69, 9.17) is 23.8 Å². The summed E-state index contributed by atoms with van der Waals surface area (Å²) in [5.41, 5.74) is -0.284. The molecule has 0 aliphatic rings. The molecule has 0 aliphatic carbocycles. The van der Waals surface area contributed by atoms with Crippen molar-refractivity contribution in [3.05, 3.63) is 0 Å². The second kappa shape index (κ2) is 18.4. The third-order valence-corrected chi connectivity index (χ3v) is 8.14. The lowest BCUT2D eigenvalue weighted by Crippen LogP contribution is -2.81. The van der Waals surface area contributed by atoms with Gasteiger partial charge in [-0.25, -0.2) is 0 Å². The minimum Gasteiger partial charge on any atom is -0.471 e. The van der Waals surface area contributed by atoms with Crippen molar-refractivity contribution in [3.8, 4) is 0 Å². The zero-order chi connectivity index (χ0) is 36.1. The summed E-state index contributed by atoms with van der Waals surface area (Å²) in [7, 11) is 1.31. The van der Waals surface area contributed by atoms with E-state index < -0.39 is 0 Å². The number of carbonyl (C=O) groups is 2.